The van der Waals surface area contributed by atoms with E-state index in [4.69, 9.17) is 4.74 Å². The Bertz CT molecular complexity index is 1160. The molecule has 1 aliphatic heterocycles. The van der Waals surface area contributed by atoms with E-state index in [-0.39, 0.29) is 11.5 Å². The Hall–Kier alpha value is -3.42. The molecule has 154 valence electrons. The van der Waals surface area contributed by atoms with Crippen molar-refractivity contribution in [3.8, 4) is 17.1 Å². The number of methoxy groups -OCH3 is 1. The van der Waals surface area contributed by atoms with Crippen LogP contribution in [0, 0.1) is 0 Å². The summed E-state index contributed by atoms with van der Waals surface area (Å²) in [7, 11) is 1.61. The highest BCUT2D eigenvalue weighted by Crippen LogP contribution is 2.25. The lowest BCUT2D eigenvalue weighted by Gasteiger charge is -2.27. The monoisotopic (exact) mass is 405 g/mol. The molecular weight excluding hydrogens is 382 g/mol. The zero-order chi connectivity index (χ0) is 20.7. The Kier molecular flexibility index (Phi) is 4.61. The number of nitrogens with one attached hydrogen (secondary N) is 2. The summed E-state index contributed by atoms with van der Waals surface area (Å²) in [5, 5.41) is 7.35. The van der Waals surface area contributed by atoms with Crippen LogP contribution < -0.4 is 10.3 Å². The van der Waals surface area contributed by atoms with E-state index < -0.39 is 0 Å². The number of hydrogen-bond acceptors (Lipinski definition) is 5. The van der Waals surface area contributed by atoms with Crippen LogP contribution >= 0.6 is 0 Å². The zero-order valence-corrected chi connectivity index (χ0v) is 16.8. The molecule has 8 nitrogen and oxygen atoms in total. The molecule has 0 radical (unpaired) electrons. The maximum Gasteiger partial charge on any atom is 0.275 e. The largest absolute Gasteiger partial charge is 0.497 e. The average Bonchev–Trinajstić information content (AvgIpc) is 3.22. The van der Waals surface area contributed by atoms with Crippen LogP contribution in [0.2, 0.25) is 0 Å². The molecule has 8 heteroatoms. The van der Waals surface area contributed by atoms with Crippen molar-refractivity contribution in [1.82, 2.24) is 25.1 Å². The number of amides is 1. The molecule has 0 saturated heterocycles. The number of ether oxygens (including phenoxy) is 1. The maximum atomic E-state index is 13.2. The Morgan fingerprint density at radius 3 is 2.70 bits per heavy atom. The van der Waals surface area contributed by atoms with Crippen LogP contribution in [0.5, 0.6) is 5.75 Å². The molecule has 0 unspecified atom stereocenters. The Morgan fingerprint density at radius 2 is 1.90 bits per heavy atom. The van der Waals surface area contributed by atoms with Gasteiger partial charge in [0.2, 0.25) is 0 Å². The predicted octanol–water partition coefficient (Wildman–Crippen LogP) is 2.25. The molecular formula is C22H23N5O3. The molecule has 3 heterocycles. The molecule has 5 rings (SSSR count). The van der Waals surface area contributed by atoms with Crippen LogP contribution in [0.25, 0.3) is 11.4 Å². The second-order valence-corrected chi connectivity index (χ2v) is 7.78. The van der Waals surface area contributed by atoms with Gasteiger partial charge in [-0.2, -0.15) is 5.10 Å². The molecule has 0 saturated carbocycles. The van der Waals surface area contributed by atoms with Crippen LogP contribution in [0.1, 0.15) is 45.8 Å². The van der Waals surface area contributed by atoms with Crippen molar-refractivity contribution in [3.63, 3.8) is 0 Å². The molecule has 2 aliphatic rings. The highest BCUT2D eigenvalue weighted by molar-refractivity contribution is 5.94. The van der Waals surface area contributed by atoms with E-state index in [1.54, 1.807) is 12.0 Å². The summed E-state index contributed by atoms with van der Waals surface area (Å²) in [6, 6.07) is 7.35. The minimum Gasteiger partial charge on any atom is -0.497 e. The van der Waals surface area contributed by atoms with Crippen molar-refractivity contribution >= 4 is 5.91 Å². The summed E-state index contributed by atoms with van der Waals surface area (Å²) in [4.78, 5) is 35.1. The van der Waals surface area contributed by atoms with Gasteiger partial charge in [0.05, 0.1) is 19.3 Å². The van der Waals surface area contributed by atoms with Crippen molar-refractivity contribution in [2.45, 2.75) is 38.6 Å². The van der Waals surface area contributed by atoms with Gasteiger partial charge in [0.25, 0.3) is 11.5 Å². The molecule has 2 N–H and O–H groups in total. The SMILES string of the molecule is COc1ccc(-c2nc3c(c(=O)[nH]2)CCN(C(=O)c2n[nH]c4c2CCCC4)C3)cc1. The molecule has 30 heavy (non-hydrogen) atoms. The van der Waals surface area contributed by atoms with E-state index in [2.05, 4.69) is 20.2 Å². The summed E-state index contributed by atoms with van der Waals surface area (Å²) in [5.41, 5.74) is 4.60. The number of rotatable bonds is 3. The maximum absolute atomic E-state index is 13.2. The molecule has 2 aromatic heterocycles. The Labute approximate surface area is 173 Å². The number of benzene rings is 1. The van der Waals surface area contributed by atoms with Crippen LogP contribution in [-0.4, -0.2) is 44.6 Å². The van der Waals surface area contributed by atoms with Gasteiger partial charge in [-0.3, -0.25) is 14.7 Å². The highest BCUT2D eigenvalue weighted by Gasteiger charge is 2.29. The molecule has 0 fully saturated rings. The first kappa shape index (κ1) is 18.6. The number of aromatic amines is 2. The highest BCUT2D eigenvalue weighted by atomic mass is 16.5. The van der Waals surface area contributed by atoms with Gasteiger partial charge >= 0.3 is 0 Å². The molecule has 1 amide bonds. The second kappa shape index (κ2) is 7.44. The molecule has 3 aromatic rings. The van der Waals surface area contributed by atoms with Crippen molar-refractivity contribution in [3.05, 3.63) is 62.8 Å². The van der Waals surface area contributed by atoms with Crippen LogP contribution in [-0.2, 0) is 25.8 Å². The van der Waals surface area contributed by atoms with Crippen LogP contribution in [0.4, 0.5) is 0 Å². The summed E-state index contributed by atoms with van der Waals surface area (Å²) in [5.74, 6) is 1.14. The van der Waals surface area contributed by atoms with Gasteiger partial charge in [-0.15, -0.1) is 0 Å². The third kappa shape index (κ3) is 3.18. The fraction of sp³-hybridized carbons (Fsp3) is 0.364. The fourth-order valence-corrected chi connectivity index (χ4v) is 4.31. The number of carbonyl (C=O) groups is 1. The van der Waals surface area contributed by atoms with E-state index in [9.17, 15) is 9.59 Å². The van der Waals surface area contributed by atoms with Gasteiger partial charge in [0.1, 0.15) is 11.6 Å². The van der Waals surface area contributed by atoms with E-state index >= 15 is 0 Å². The van der Waals surface area contributed by atoms with Gasteiger partial charge < -0.3 is 14.6 Å². The zero-order valence-electron chi connectivity index (χ0n) is 16.8. The number of aromatic nitrogens is 4. The third-order valence-electron chi connectivity index (χ3n) is 5.98. The van der Waals surface area contributed by atoms with Gasteiger partial charge in [-0.1, -0.05) is 0 Å². The van der Waals surface area contributed by atoms with E-state index in [0.29, 0.717) is 42.3 Å². The molecule has 0 atom stereocenters. The van der Waals surface area contributed by atoms with Gasteiger partial charge in [0, 0.05) is 28.9 Å². The standard InChI is InChI=1S/C22H23N5O3/c1-30-14-8-6-13(7-9-14)20-23-18-12-27(11-10-16(18)21(28)24-20)22(29)19-15-4-2-3-5-17(15)25-26-19/h6-9H,2-5,10-12H2,1H3,(H,25,26)(H,23,24,28). The quantitative estimate of drug-likeness (QED) is 0.696. The van der Waals surface area contributed by atoms with Crippen molar-refractivity contribution in [1.29, 1.82) is 0 Å². The first-order valence-electron chi connectivity index (χ1n) is 10.3. The summed E-state index contributed by atoms with van der Waals surface area (Å²) < 4.78 is 5.19. The number of aryl methyl sites for hydroxylation is 1. The lowest BCUT2D eigenvalue weighted by atomic mass is 9.95. The van der Waals surface area contributed by atoms with E-state index in [1.807, 2.05) is 24.3 Å². The number of carbonyl (C=O) groups excluding carboxylic acids is 1. The first-order chi connectivity index (χ1) is 14.6. The number of fused-ring (bicyclic) bond motifs is 2. The number of nitrogens with zero attached hydrogens (tertiary/aromatic N) is 3. The summed E-state index contributed by atoms with van der Waals surface area (Å²) >= 11 is 0. The van der Waals surface area contributed by atoms with Crippen molar-refractivity contribution < 1.29 is 9.53 Å². The van der Waals surface area contributed by atoms with Crippen LogP contribution in [0.3, 0.4) is 0 Å². The lowest BCUT2D eigenvalue weighted by molar-refractivity contribution is 0.0724. The van der Waals surface area contributed by atoms with Gasteiger partial charge in [-0.05, 0) is 56.4 Å². The Balaban J connectivity index is 1.44. The topological polar surface area (TPSA) is 104 Å². The van der Waals surface area contributed by atoms with Crippen molar-refractivity contribution in [2.24, 2.45) is 0 Å². The van der Waals surface area contributed by atoms with Crippen molar-refractivity contribution in [2.75, 3.05) is 13.7 Å². The number of H-pyrrole nitrogens is 2. The minimum atomic E-state index is -0.143. The third-order valence-corrected chi connectivity index (χ3v) is 5.98. The molecule has 0 spiro atoms. The fourth-order valence-electron chi connectivity index (χ4n) is 4.31. The second-order valence-electron chi connectivity index (χ2n) is 7.78. The van der Waals surface area contributed by atoms with E-state index in [1.165, 1.54) is 0 Å². The first-order valence-corrected chi connectivity index (χ1v) is 10.3. The number of hydrogen-bond donors (Lipinski definition) is 2. The minimum absolute atomic E-state index is 0.0897. The normalized spacial score (nSPS) is 15.4. The van der Waals surface area contributed by atoms with Gasteiger partial charge in [0.15, 0.2) is 5.69 Å². The summed E-state index contributed by atoms with van der Waals surface area (Å²) in [6.45, 7) is 0.795. The average molecular weight is 405 g/mol. The van der Waals surface area contributed by atoms with Crippen LogP contribution in [0.15, 0.2) is 29.1 Å². The van der Waals surface area contributed by atoms with E-state index in [0.717, 1.165) is 48.3 Å². The molecule has 1 aromatic carbocycles. The Morgan fingerprint density at radius 1 is 1.10 bits per heavy atom. The lowest BCUT2D eigenvalue weighted by Crippen LogP contribution is -2.39. The smallest absolute Gasteiger partial charge is 0.275 e. The predicted molar refractivity (Wildman–Crippen MR) is 111 cm³/mol. The van der Waals surface area contributed by atoms with Gasteiger partial charge in [-0.25, -0.2) is 4.98 Å². The summed E-state index contributed by atoms with van der Waals surface area (Å²) in [6.07, 6.45) is 4.52. The molecule has 1 aliphatic carbocycles. The molecule has 0 bridgehead atoms.